The van der Waals surface area contributed by atoms with E-state index in [1.54, 1.807) is 0 Å². The van der Waals surface area contributed by atoms with Gasteiger partial charge in [0.25, 0.3) is 0 Å². The van der Waals surface area contributed by atoms with Gasteiger partial charge in [0.05, 0.1) is 11.6 Å². The second-order valence-corrected chi connectivity index (χ2v) is 3.81. The molecule has 1 heterocycles. The van der Waals surface area contributed by atoms with Crippen molar-refractivity contribution in [1.82, 2.24) is 9.97 Å². The van der Waals surface area contributed by atoms with Crippen LogP contribution in [0.5, 0.6) is 0 Å². The van der Waals surface area contributed by atoms with Crippen molar-refractivity contribution in [3.8, 4) is 0 Å². The average Bonchev–Trinajstić information content (AvgIpc) is 2.23. The quantitative estimate of drug-likeness (QED) is 0.624. The predicted molar refractivity (Wildman–Crippen MR) is 55.6 cm³/mol. The van der Waals surface area contributed by atoms with Crippen LogP contribution in [-0.4, -0.2) is 32.7 Å². The molecule has 5 nitrogen and oxygen atoms in total. The maximum atomic E-state index is 12.3. The van der Waals surface area contributed by atoms with Gasteiger partial charge in [-0.05, 0) is 6.07 Å². The first-order chi connectivity index (χ1) is 7.89. The van der Waals surface area contributed by atoms with E-state index in [1.807, 2.05) is 0 Å². The van der Waals surface area contributed by atoms with E-state index in [2.05, 4.69) is 15.3 Å². The number of hydrogen-bond donors (Lipinski definition) is 2. The van der Waals surface area contributed by atoms with Gasteiger partial charge in [-0.2, -0.15) is 13.2 Å². The van der Waals surface area contributed by atoms with E-state index in [0.29, 0.717) is 0 Å². The molecule has 1 aromatic heterocycles. The number of anilines is 1. The van der Waals surface area contributed by atoms with Crippen LogP contribution in [0.3, 0.4) is 0 Å². The van der Waals surface area contributed by atoms with Crippen molar-refractivity contribution < 1.29 is 23.1 Å². The summed E-state index contributed by atoms with van der Waals surface area (Å²) < 4.78 is 36.8. The Morgan fingerprint density at radius 2 is 2.24 bits per heavy atom. The third-order valence-electron chi connectivity index (χ3n) is 1.50. The van der Waals surface area contributed by atoms with Crippen molar-refractivity contribution in [2.75, 3.05) is 16.9 Å². The summed E-state index contributed by atoms with van der Waals surface area (Å²) in [6.07, 6.45) is -3.53. The molecule has 0 fully saturated rings. The van der Waals surface area contributed by atoms with Crippen LogP contribution in [0.15, 0.2) is 12.3 Å². The zero-order valence-electron chi connectivity index (χ0n) is 8.36. The Hall–Kier alpha value is -1.51. The van der Waals surface area contributed by atoms with Gasteiger partial charge in [0.1, 0.15) is 5.69 Å². The molecule has 0 aliphatic carbocycles. The molecule has 94 valence electrons. The molecule has 1 aromatic rings. The fraction of sp³-hybridized carbons (Fsp3) is 0.375. The molecule has 0 aliphatic heterocycles. The Morgan fingerprint density at radius 3 is 2.82 bits per heavy atom. The highest BCUT2D eigenvalue weighted by Crippen LogP contribution is 2.27. The lowest BCUT2D eigenvalue weighted by Crippen LogP contribution is -2.12. The largest absolute Gasteiger partial charge is 0.481 e. The van der Waals surface area contributed by atoms with E-state index in [9.17, 15) is 18.0 Å². The highest BCUT2D eigenvalue weighted by Gasteiger charge is 2.32. The van der Waals surface area contributed by atoms with E-state index in [1.165, 1.54) is 0 Å². The number of aromatic nitrogens is 2. The summed E-state index contributed by atoms with van der Waals surface area (Å²) in [5.41, 5.74) is -1.04. The van der Waals surface area contributed by atoms with E-state index in [4.69, 9.17) is 5.11 Å². The molecule has 0 amide bonds. The molecule has 1 rings (SSSR count). The Morgan fingerprint density at radius 1 is 1.53 bits per heavy atom. The summed E-state index contributed by atoms with van der Waals surface area (Å²) in [6, 6.07) is 0.759. The number of aliphatic carboxylic acids is 1. The van der Waals surface area contributed by atoms with Crippen LogP contribution in [0.4, 0.5) is 19.1 Å². The maximum absolute atomic E-state index is 12.3. The minimum atomic E-state index is -4.52. The molecular weight excluding hydrogens is 259 g/mol. The van der Waals surface area contributed by atoms with Gasteiger partial charge in [0, 0.05) is 6.20 Å². The van der Waals surface area contributed by atoms with E-state index < -0.39 is 17.8 Å². The van der Waals surface area contributed by atoms with Gasteiger partial charge >= 0.3 is 12.1 Å². The first kappa shape index (κ1) is 13.6. The van der Waals surface area contributed by atoms with Crippen LogP contribution < -0.4 is 5.32 Å². The van der Waals surface area contributed by atoms with Crippen LogP contribution in [0.2, 0.25) is 0 Å². The molecule has 17 heavy (non-hydrogen) atoms. The molecule has 0 spiro atoms. The second-order valence-electron chi connectivity index (χ2n) is 2.83. The third-order valence-corrected chi connectivity index (χ3v) is 2.30. The first-order valence-corrected chi connectivity index (χ1v) is 5.48. The summed E-state index contributed by atoms with van der Waals surface area (Å²) in [4.78, 5) is 17.0. The molecular formula is C8H8F3N3O2S. The first-order valence-electron chi connectivity index (χ1n) is 4.33. The molecule has 0 aliphatic rings. The highest BCUT2D eigenvalue weighted by atomic mass is 32.2. The minimum absolute atomic E-state index is 0.119. The normalized spacial score (nSPS) is 11.2. The summed E-state index contributed by atoms with van der Waals surface area (Å²) in [6.45, 7) is 0. The maximum Gasteiger partial charge on any atom is 0.433 e. The van der Waals surface area contributed by atoms with Crippen LogP contribution >= 0.6 is 11.8 Å². The minimum Gasteiger partial charge on any atom is -0.481 e. The van der Waals surface area contributed by atoms with E-state index in [-0.39, 0.29) is 17.6 Å². The van der Waals surface area contributed by atoms with Gasteiger partial charge in [0.2, 0.25) is 5.95 Å². The van der Waals surface area contributed by atoms with E-state index in [0.717, 1.165) is 24.0 Å². The standard InChI is InChI=1S/C8H8F3N3O2S/c9-8(10,11)5-1-2-12-7(14-5)13-4-17-3-6(15)16/h1-2H,3-4H2,(H,15,16)(H,12,13,14). The van der Waals surface area contributed by atoms with Gasteiger partial charge < -0.3 is 10.4 Å². The van der Waals surface area contributed by atoms with Crippen LogP contribution in [0, 0.1) is 0 Å². The smallest absolute Gasteiger partial charge is 0.433 e. The Kier molecular flexibility index (Phi) is 4.55. The number of halogens is 3. The van der Waals surface area contributed by atoms with Crippen molar-refractivity contribution in [3.05, 3.63) is 18.0 Å². The van der Waals surface area contributed by atoms with Crippen molar-refractivity contribution in [3.63, 3.8) is 0 Å². The van der Waals surface area contributed by atoms with Crippen molar-refractivity contribution in [2.24, 2.45) is 0 Å². The molecule has 9 heteroatoms. The van der Waals surface area contributed by atoms with Gasteiger partial charge in [-0.25, -0.2) is 9.97 Å². The highest BCUT2D eigenvalue weighted by molar-refractivity contribution is 8.00. The number of nitrogens with one attached hydrogen (secondary N) is 1. The van der Waals surface area contributed by atoms with Crippen LogP contribution in [0.1, 0.15) is 5.69 Å². The fourth-order valence-electron chi connectivity index (χ4n) is 0.856. The predicted octanol–water partition coefficient (Wildman–Crippen LogP) is 1.68. The molecule has 0 saturated carbocycles. The number of thioether (sulfide) groups is 1. The number of alkyl halides is 3. The molecule has 0 atom stereocenters. The van der Waals surface area contributed by atoms with Gasteiger partial charge in [-0.15, -0.1) is 11.8 Å². The topological polar surface area (TPSA) is 75.1 Å². The zero-order chi connectivity index (χ0) is 12.9. The lowest BCUT2D eigenvalue weighted by molar-refractivity contribution is -0.141. The van der Waals surface area contributed by atoms with Gasteiger partial charge in [-0.3, -0.25) is 4.79 Å². The monoisotopic (exact) mass is 267 g/mol. The van der Waals surface area contributed by atoms with Crippen molar-refractivity contribution in [2.45, 2.75) is 6.18 Å². The Balaban J connectivity index is 2.52. The van der Waals surface area contributed by atoms with E-state index >= 15 is 0 Å². The number of carbonyl (C=O) groups is 1. The van der Waals surface area contributed by atoms with Crippen LogP contribution in [0.25, 0.3) is 0 Å². The summed E-state index contributed by atoms with van der Waals surface area (Å²) >= 11 is 0.998. The molecule has 0 radical (unpaired) electrons. The average molecular weight is 267 g/mol. The zero-order valence-corrected chi connectivity index (χ0v) is 9.18. The van der Waals surface area contributed by atoms with Gasteiger partial charge in [-0.1, -0.05) is 0 Å². The SMILES string of the molecule is O=C(O)CSCNc1nccc(C(F)(F)F)n1. The summed E-state index contributed by atoms with van der Waals surface area (Å²) in [7, 11) is 0. The number of carboxylic acid groups (broad SMARTS) is 1. The molecule has 0 unspecified atom stereocenters. The van der Waals surface area contributed by atoms with Gasteiger partial charge in [0.15, 0.2) is 0 Å². The fourth-order valence-corrected chi connectivity index (χ4v) is 1.36. The lowest BCUT2D eigenvalue weighted by Gasteiger charge is -2.07. The number of nitrogens with zero attached hydrogens (tertiary/aromatic N) is 2. The summed E-state index contributed by atoms with van der Waals surface area (Å²) in [5.74, 6) is -1.21. The van der Waals surface area contributed by atoms with Crippen molar-refractivity contribution in [1.29, 1.82) is 0 Å². The Labute approximate surface area is 98.5 Å². The lowest BCUT2D eigenvalue weighted by atomic mass is 10.4. The second kappa shape index (κ2) is 5.71. The number of hydrogen-bond acceptors (Lipinski definition) is 5. The molecule has 2 N–H and O–H groups in total. The molecule has 0 bridgehead atoms. The summed E-state index contributed by atoms with van der Waals surface area (Å²) in [5, 5.41) is 10.8. The van der Waals surface area contributed by atoms with Crippen LogP contribution in [-0.2, 0) is 11.0 Å². The number of carboxylic acids is 1. The van der Waals surface area contributed by atoms with Crippen molar-refractivity contribution >= 4 is 23.7 Å². The molecule has 0 saturated heterocycles. The number of rotatable bonds is 5. The third kappa shape index (κ3) is 4.89. The Bertz CT molecular complexity index is 400. The molecule has 0 aromatic carbocycles.